The molecular formula is C22H22N4O3. The SMILES string of the molecule is Cc1ccc(CN2CC(C(=O)OCc3nc(N)c4ccccc4n3)CC2=O)cc1. The maximum absolute atomic E-state index is 12.5. The van der Waals surface area contributed by atoms with Gasteiger partial charge in [-0.2, -0.15) is 0 Å². The zero-order chi connectivity index (χ0) is 20.4. The Balaban J connectivity index is 1.36. The van der Waals surface area contributed by atoms with Crippen molar-refractivity contribution in [3.8, 4) is 0 Å². The molecule has 3 aromatic rings. The van der Waals surface area contributed by atoms with Crippen LogP contribution in [-0.4, -0.2) is 33.3 Å². The van der Waals surface area contributed by atoms with E-state index in [2.05, 4.69) is 9.97 Å². The van der Waals surface area contributed by atoms with Crippen LogP contribution in [0.15, 0.2) is 48.5 Å². The maximum Gasteiger partial charge on any atom is 0.311 e. The van der Waals surface area contributed by atoms with Crippen molar-refractivity contribution < 1.29 is 14.3 Å². The van der Waals surface area contributed by atoms with Crippen LogP contribution < -0.4 is 5.73 Å². The number of amides is 1. The van der Waals surface area contributed by atoms with Crippen LogP contribution in [0.4, 0.5) is 5.82 Å². The summed E-state index contributed by atoms with van der Waals surface area (Å²) in [6, 6.07) is 15.4. The number of hydrogen-bond acceptors (Lipinski definition) is 6. The van der Waals surface area contributed by atoms with Gasteiger partial charge in [-0.25, -0.2) is 9.97 Å². The summed E-state index contributed by atoms with van der Waals surface area (Å²) in [6.45, 7) is 2.79. The second kappa shape index (κ2) is 7.87. The van der Waals surface area contributed by atoms with Crippen molar-refractivity contribution in [1.29, 1.82) is 0 Å². The Morgan fingerprint density at radius 2 is 1.93 bits per heavy atom. The number of aromatic nitrogens is 2. The molecule has 148 valence electrons. The minimum atomic E-state index is -0.481. The number of para-hydroxylation sites is 1. The summed E-state index contributed by atoms with van der Waals surface area (Å²) in [7, 11) is 0. The Morgan fingerprint density at radius 1 is 1.17 bits per heavy atom. The number of likely N-dealkylation sites (tertiary alicyclic amines) is 1. The van der Waals surface area contributed by atoms with Crippen LogP contribution in [0.1, 0.15) is 23.4 Å². The lowest BCUT2D eigenvalue weighted by Gasteiger charge is -2.16. The lowest BCUT2D eigenvalue weighted by Crippen LogP contribution is -2.26. The third-order valence-corrected chi connectivity index (χ3v) is 5.06. The van der Waals surface area contributed by atoms with Gasteiger partial charge in [-0.1, -0.05) is 42.0 Å². The van der Waals surface area contributed by atoms with E-state index in [1.807, 2.05) is 55.5 Å². The number of nitrogens with zero attached hydrogens (tertiary/aromatic N) is 3. The third kappa shape index (κ3) is 4.18. The number of fused-ring (bicyclic) bond motifs is 1. The molecule has 1 atom stereocenters. The van der Waals surface area contributed by atoms with E-state index in [-0.39, 0.29) is 18.9 Å². The summed E-state index contributed by atoms with van der Waals surface area (Å²) in [4.78, 5) is 35.1. The molecule has 1 aliphatic heterocycles. The fourth-order valence-electron chi connectivity index (χ4n) is 3.47. The van der Waals surface area contributed by atoms with Crippen LogP contribution in [0.3, 0.4) is 0 Å². The number of hydrogen-bond donors (Lipinski definition) is 1. The first-order valence-corrected chi connectivity index (χ1v) is 9.50. The standard InChI is InChI=1S/C22H22N4O3/c1-14-6-8-15(9-7-14)11-26-12-16(10-20(26)27)22(28)29-13-19-24-18-5-3-2-4-17(18)21(23)25-19/h2-9,16H,10-13H2,1H3,(H2,23,24,25). The van der Waals surface area contributed by atoms with Gasteiger partial charge in [0.2, 0.25) is 5.91 Å². The van der Waals surface area contributed by atoms with Crippen molar-refractivity contribution in [1.82, 2.24) is 14.9 Å². The van der Waals surface area contributed by atoms with Gasteiger partial charge in [0.25, 0.3) is 0 Å². The first-order chi connectivity index (χ1) is 14.0. The highest BCUT2D eigenvalue weighted by atomic mass is 16.5. The van der Waals surface area contributed by atoms with Gasteiger partial charge in [0.15, 0.2) is 12.4 Å². The molecule has 0 saturated carbocycles. The summed E-state index contributed by atoms with van der Waals surface area (Å²) in [6.07, 6.45) is 0.158. The molecule has 4 rings (SSSR count). The van der Waals surface area contributed by atoms with E-state index in [1.54, 1.807) is 4.90 Å². The van der Waals surface area contributed by atoms with Crippen LogP contribution in [-0.2, 0) is 27.5 Å². The topological polar surface area (TPSA) is 98.4 Å². The molecule has 7 heteroatoms. The van der Waals surface area contributed by atoms with Gasteiger partial charge >= 0.3 is 5.97 Å². The van der Waals surface area contributed by atoms with E-state index in [0.29, 0.717) is 30.2 Å². The van der Waals surface area contributed by atoms with E-state index in [0.717, 1.165) is 10.9 Å². The molecule has 2 aromatic carbocycles. The fourth-order valence-corrected chi connectivity index (χ4v) is 3.47. The zero-order valence-corrected chi connectivity index (χ0v) is 16.2. The Hall–Kier alpha value is -3.48. The van der Waals surface area contributed by atoms with Gasteiger partial charge in [0.05, 0.1) is 11.4 Å². The molecule has 1 saturated heterocycles. The molecule has 1 aromatic heterocycles. The monoisotopic (exact) mass is 390 g/mol. The molecule has 7 nitrogen and oxygen atoms in total. The Kier molecular flexibility index (Phi) is 5.12. The summed E-state index contributed by atoms with van der Waals surface area (Å²) < 4.78 is 5.38. The maximum atomic E-state index is 12.5. The molecule has 0 radical (unpaired) electrons. The Morgan fingerprint density at radius 3 is 2.72 bits per heavy atom. The van der Waals surface area contributed by atoms with Crippen molar-refractivity contribution in [2.45, 2.75) is 26.5 Å². The quantitative estimate of drug-likeness (QED) is 0.673. The molecule has 0 bridgehead atoms. The van der Waals surface area contributed by atoms with Crippen molar-refractivity contribution in [3.63, 3.8) is 0 Å². The van der Waals surface area contributed by atoms with Gasteiger partial charge in [0, 0.05) is 24.9 Å². The number of esters is 1. The third-order valence-electron chi connectivity index (χ3n) is 5.06. The van der Waals surface area contributed by atoms with Gasteiger partial charge in [0.1, 0.15) is 5.82 Å². The molecule has 1 fully saturated rings. The Labute approximate surface area is 168 Å². The van der Waals surface area contributed by atoms with E-state index in [9.17, 15) is 9.59 Å². The van der Waals surface area contributed by atoms with Crippen molar-refractivity contribution in [3.05, 3.63) is 65.5 Å². The minimum Gasteiger partial charge on any atom is -0.457 e. The lowest BCUT2D eigenvalue weighted by molar-refractivity contribution is -0.150. The number of ether oxygens (including phenoxy) is 1. The van der Waals surface area contributed by atoms with E-state index >= 15 is 0 Å². The van der Waals surface area contributed by atoms with Crippen LogP contribution >= 0.6 is 0 Å². The second-order valence-electron chi connectivity index (χ2n) is 7.31. The minimum absolute atomic E-state index is 0.0428. The van der Waals surface area contributed by atoms with Gasteiger partial charge in [-0.15, -0.1) is 0 Å². The predicted octanol–water partition coefficient (Wildman–Crippen LogP) is 2.61. The molecule has 29 heavy (non-hydrogen) atoms. The number of carbonyl (C=O) groups is 2. The van der Waals surface area contributed by atoms with Crippen LogP contribution in [0, 0.1) is 12.8 Å². The van der Waals surface area contributed by atoms with Gasteiger partial charge in [-0.05, 0) is 24.6 Å². The fraction of sp³-hybridized carbons (Fsp3) is 0.273. The molecule has 2 N–H and O–H groups in total. The van der Waals surface area contributed by atoms with E-state index in [1.165, 1.54) is 5.56 Å². The number of rotatable bonds is 5. The van der Waals surface area contributed by atoms with E-state index < -0.39 is 11.9 Å². The highest BCUT2D eigenvalue weighted by Gasteiger charge is 2.35. The molecular weight excluding hydrogens is 368 g/mol. The first kappa shape index (κ1) is 18.9. The predicted molar refractivity (Wildman–Crippen MR) is 108 cm³/mol. The van der Waals surface area contributed by atoms with E-state index in [4.69, 9.17) is 10.5 Å². The molecule has 0 spiro atoms. The average Bonchev–Trinajstić information content (AvgIpc) is 3.08. The molecule has 2 heterocycles. The summed E-state index contributed by atoms with van der Waals surface area (Å²) in [5.41, 5.74) is 8.87. The largest absolute Gasteiger partial charge is 0.457 e. The number of aryl methyl sites for hydroxylation is 1. The van der Waals surface area contributed by atoms with Crippen LogP contribution in [0.5, 0.6) is 0 Å². The highest BCUT2D eigenvalue weighted by molar-refractivity contribution is 5.88. The first-order valence-electron chi connectivity index (χ1n) is 9.50. The lowest BCUT2D eigenvalue weighted by atomic mass is 10.1. The molecule has 1 unspecified atom stereocenters. The average molecular weight is 390 g/mol. The second-order valence-corrected chi connectivity index (χ2v) is 7.31. The van der Waals surface area contributed by atoms with Crippen molar-refractivity contribution in [2.75, 3.05) is 12.3 Å². The van der Waals surface area contributed by atoms with Gasteiger partial charge < -0.3 is 15.4 Å². The molecule has 0 aliphatic carbocycles. The van der Waals surface area contributed by atoms with Crippen LogP contribution in [0.25, 0.3) is 10.9 Å². The number of nitrogen functional groups attached to an aromatic ring is 1. The molecule has 1 aliphatic rings. The highest BCUT2D eigenvalue weighted by Crippen LogP contribution is 2.22. The Bertz CT molecular complexity index is 1070. The van der Waals surface area contributed by atoms with Crippen LogP contribution in [0.2, 0.25) is 0 Å². The van der Waals surface area contributed by atoms with Gasteiger partial charge in [-0.3, -0.25) is 9.59 Å². The zero-order valence-electron chi connectivity index (χ0n) is 16.2. The number of benzene rings is 2. The summed E-state index contributed by atoms with van der Waals surface area (Å²) >= 11 is 0. The number of nitrogens with two attached hydrogens (primary N) is 1. The summed E-state index contributed by atoms with van der Waals surface area (Å²) in [5, 5.41) is 0.760. The summed E-state index contributed by atoms with van der Waals surface area (Å²) in [5.74, 6) is -0.248. The smallest absolute Gasteiger partial charge is 0.311 e. The normalized spacial score (nSPS) is 16.4. The number of anilines is 1. The van der Waals surface area contributed by atoms with Crippen molar-refractivity contribution in [2.24, 2.45) is 5.92 Å². The number of carbonyl (C=O) groups excluding carboxylic acids is 2. The van der Waals surface area contributed by atoms with Crippen molar-refractivity contribution >= 4 is 28.6 Å². The molecule has 1 amide bonds.